The summed E-state index contributed by atoms with van der Waals surface area (Å²) in [5.74, 6) is 0. The van der Waals surface area contributed by atoms with Crippen LogP contribution in [0.5, 0.6) is 0 Å². The van der Waals surface area contributed by atoms with E-state index < -0.39 is 5.60 Å². The Labute approximate surface area is 121 Å². The van der Waals surface area contributed by atoms with Crippen LogP contribution in [-0.2, 0) is 9.47 Å². The lowest BCUT2D eigenvalue weighted by atomic mass is 10.1. The van der Waals surface area contributed by atoms with Crippen molar-refractivity contribution >= 4 is 6.09 Å². The van der Waals surface area contributed by atoms with Crippen molar-refractivity contribution in [3.63, 3.8) is 0 Å². The molecular formula is C14H27N3O3. The van der Waals surface area contributed by atoms with Crippen molar-refractivity contribution in [1.82, 2.24) is 15.3 Å². The quantitative estimate of drug-likeness (QED) is 0.827. The first-order valence-corrected chi connectivity index (χ1v) is 7.51. The van der Waals surface area contributed by atoms with Gasteiger partial charge in [0.25, 0.3) is 0 Å². The highest BCUT2D eigenvalue weighted by Crippen LogP contribution is 2.15. The summed E-state index contributed by atoms with van der Waals surface area (Å²) in [5, 5.41) is 2.20. The first-order chi connectivity index (χ1) is 9.44. The molecule has 116 valence electrons. The van der Waals surface area contributed by atoms with Crippen molar-refractivity contribution in [2.24, 2.45) is 0 Å². The zero-order valence-corrected chi connectivity index (χ0v) is 12.9. The van der Waals surface area contributed by atoms with Gasteiger partial charge in [-0.25, -0.2) is 9.80 Å². The molecule has 1 atom stereocenters. The molecule has 2 aliphatic rings. The largest absolute Gasteiger partial charge is 0.444 e. The Balaban J connectivity index is 1.80. The second-order valence-corrected chi connectivity index (χ2v) is 6.49. The molecule has 1 unspecified atom stereocenters. The average molecular weight is 285 g/mol. The minimum atomic E-state index is -0.429. The molecule has 0 aromatic heterocycles. The number of carbonyl (C=O) groups excluding carboxylic acids is 1. The van der Waals surface area contributed by atoms with E-state index in [2.05, 4.69) is 10.4 Å². The predicted octanol–water partition coefficient (Wildman–Crippen LogP) is 1.22. The van der Waals surface area contributed by atoms with E-state index in [4.69, 9.17) is 9.47 Å². The second-order valence-electron chi connectivity index (χ2n) is 6.49. The summed E-state index contributed by atoms with van der Waals surface area (Å²) >= 11 is 0. The van der Waals surface area contributed by atoms with E-state index in [1.807, 2.05) is 25.7 Å². The number of rotatable bonds is 2. The lowest BCUT2D eigenvalue weighted by molar-refractivity contribution is -0.0109. The van der Waals surface area contributed by atoms with Gasteiger partial charge < -0.3 is 14.4 Å². The van der Waals surface area contributed by atoms with Crippen LogP contribution in [0.3, 0.4) is 0 Å². The van der Waals surface area contributed by atoms with Gasteiger partial charge in [-0.2, -0.15) is 0 Å². The molecule has 6 heteroatoms. The van der Waals surface area contributed by atoms with E-state index in [-0.39, 0.29) is 6.09 Å². The molecule has 0 aromatic rings. The van der Waals surface area contributed by atoms with Crippen LogP contribution >= 0.6 is 0 Å². The maximum atomic E-state index is 12.1. The number of hydrogen-bond acceptors (Lipinski definition) is 5. The Kier molecular flexibility index (Phi) is 5.23. The maximum Gasteiger partial charge on any atom is 0.410 e. The smallest absolute Gasteiger partial charge is 0.410 e. The Morgan fingerprint density at radius 3 is 2.60 bits per heavy atom. The van der Waals surface area contributed by atoms with Crippen molar-refractivity contribution in [1.29, 1.82) is 0 Å². The normalized spacial score (nSPS) is 25.6. The molecule has 1 N–H and O–H groups in total. The molecule has 2 heterocycles. The van der Waals surface area contributed by atoms with E-state index in [1.165, 1.54) is 0 Å². The zero-order valence-electron chi connectivity index (χ0n) is 12.9. The third kappa shape index (κ3) is 4.92. The van der Waals surface area contributed by atoms with Gasteiger partial charge >= 0.3 is 6.09 Å². The number of piperidine rings is 1. The number of likely N-dealkylation sites (tertiary alicyclic amines) is 1. The van der Waals surface area contributed by atoms with E-state index in [0.29, 0.717) is 12.6 Å². The predicted molar refractivity (Wildman–Crippen MR) is 76.4 cm³/mol. The minimum absolute atomic E-state index is 0.203. The molecule has 2 rings (SSSR count). The van der Waals surface area contributed by atoms with Crippen LogP contribution in [0.25, 0.3) is 0 Å². The summed E-state index contributed by atoms with van der Waals surface area (Å²) in [6.07, 6.45) is 1.91. The standard InChI is InChI=1S/C14H27N3O3/c1-14(2,3)20-13(18)16-6-4-5-12(11-16)15-17-7-9-19-10-8-17/h12,15H,4-11H2,1-3H3. The van der Waals surface area contributed by atoms with E-state index >= 15 is 0 Å². The van der Waals surface area contributed by atoms with Crippen LogP contribution in [0.1, 0.15) is 33.6 Å². The van der Waals surface area contributed by atoms with Gasteiger partial charge in [0.05, 0.1) is 13.2 Å². The van der Waals surface area contributed by atoms with Crippen LogP contribution in [0.15, 0.2) is 0 Å². The summed E-state index contributed by atoms with van der Waals surface area (Å²) in [4.78, 5) is 13.9. The first kappa shape index (κ1) is 15.5. The van der Waals surface area contributed by atoms with Gasteiger partial charge in [-0.3, -0.25) is 5.43 Å². The van der Waals surface area contributed by atoms with Crippen molar-refractivity contribution in [3.8, 4) is 0 Å². The number of hydrogen-bond donors (Lipinski definition) is 1. The number of carbonyl (C=O) groups is 1. The fourth-order valence-corrected chi connectivity index (χ4v) is 2.53. The third-order valence-corrected chi connectivity index (χ3v) is 3.45. The van der Waals surface area contributed by atoms with Gasteiger partial charge in [0, 0.05) is 32.2 Å². The molecule has 1 amide bonds. The molecular weight excluding hydrogens is 258 g/mol. The van der Waals surface area contributed by atoms with Crippen LogP contribution in [0, 0.1) is 0 Å². The Morgan fingerprint density at radius 1 is 1.25 bits per heavy atom. The summed E-state index contributed by atoms with van der Waals surface area (Å²) < 4.78 is 10.8. The summed E-state index contributed by atoms with van der Waals surface area (Å²) in [6.45, 7) is 10.6. The molecule has 2 aliphatic heterocycles. The molecule has 20 heavy (non-hydrogen) atoms. The molecule has 0 radical (unpaired) electrons. The SMILES string of the molecule is CC(C)(C)OC(=O)N1CCCC(NN2CCOCC2)C1. The third-order valence-electron chi connectivity index (χ3n) is 3.45. The van der Waals surface area contributed by atoms with Gasteiger partial charge in [0.1, 0.15) is 5.60 Å². The number of amides is 1. The molecule has 2 saturated heterocycles. The molecule has 6 nitrogen and oxygen atoms in total. The molecule has 0 bridgehead atoms. The zero-order chi connectivity index (χ0) is 14.6. The number of nitrogens with one attached hydrogen (secondary N) is 1. The molecule has 0 saturated carbocycles. The fourth-order valence-electron chi connectivity index (χ4n) is 2.53. The fraction of sp³-hybridized carbons (Fsp3) is 0.929. The highest BCUT2D eigenvalue weighted by molar-refractivity contribution is 5.68. The van der Waals surface area contributed by atoms with Crippen molar-refractivity contribution in [2.45, 2.75) is 45.3 Å². The van der Waals surface area contributed by atoms with Gasteiger partial charge in [0.15, 0.2) is 0 Å². The lowest BCUT2D eigenvalue weighted by Crippen LogP contribution is -2.56. The second kappa shape index (κ2) is 6.74. The Hall–Kier alpha value is -0.850. The van der Waals surface area contributed by atoms with Crippen molar-refractivity contribution < 1.29 is 14.3 Å². The number of nitrogens with zero attached hydrogens (tertiary/aromatic N) is 2. The van der Waals surface area contributed by atoms with Crippen LogP contribution < -0.4 is 5.43 Å². The average Bonchev–Trinajstić information content (AvgIpc) is 2.38. The Bertz CT molecular complexity index is 324. The van der Waals surface area contributed by atoms with Gasteiger partial charge in [-0.1, -0.05) is 0 Å². The minimum Gasteiger partial charge on any atom is -0.444 e. The van der Waals surface area contributed by atoms with Crippen LogP contribution in [-0.4, -0.2) is 67.0 Å². The first-order valence-electron chi connectivity index (χ1n) is 7.51. The van der Waals surface area contributed by atoms with E-state index in [9.17, 15) is 4.79 Å². The lowest BCUT2D eigenvalue weighted by Gasteiger charge is -2.38. The van der Waals surface area contributed by atoms with Gasteiger partial charge in [-0.15, -0.1) is 0 Å². The summed E-state index contributed by atoms with van der Waals surface area (Å²) in [5.41, 5.74) is 3.08. The van der Waals surface area contributed by atoms with Gasteiger partial charge in [-0.05, 0) is 33.6 Å². The monoisotopic (exact) mass is 285 g/mol. The van der Waals surface area contributed by atoms with Gasteiger partial charge in [0.2, 0.25) is 0 Å². The van der Waals surface area contributed by atoms with E-state index in [0.717, 1.165) is 45.7 Å². The summed E-state index contributed by atoms with van der Waals surface area (Å²) in [6, 6.07) is 0.314. The maximum absolute atomic E-state index is 12.1. The molecule has 0 aromatic carbocycles. The number of ether oxygens (including phenoxy) is 2. The van der Waals surface area contributed by atoms with Crippen molar-refractivity contribution in [3.05, 3.63) is 0 Å². The molecule has 2 fully saturated rings. The van der Waals surface area contributed by atoms with Crippen LogP contribution in [0.2, 0.25) is 0 Å². The van der Waals surface area contributed by atoms with E-state index in [1.54, 1.807) is 0 Å². The van der Waals surface area contributed by atoms with Crippen molar-refractivity contribution in [2.75, 3.05) is 39.4 Å². The Morgan fingerprint density at radius 2 is 1.95 bits per heavy atom. The summed E-state index contributed by atoms with van der Waals surface area (Å²) in [7, 11) is 0. The topological polar surface area (TPSA) is 54.0 Å². The highest BCUT2D eigenvalue weighted by atomic mass is 16.6. The molecule has 0 aliphatic carbocycles. The highest BCUT2D eigenvalue weighted by Gasteiger charge is 2.28. The number of morpholine rings is 1. The molecule has 0 spiro atoms. The number of hydrazine groups is 1. The van der Waals surface area contributed by atoms with Crippen LogP contribution in [0.4, 0.5) is 4.79 Å².